The van der Waals surface area contributed by atoms with E-state index < -0.39 is 20.0 Å². The van der Waals surface area contributed by atoms with Crippen LogP contribution in [0.15, 0.2) is 93.5 Å². The molecule has 0 aliphatic rings. The van der Waals surface area contributed by atoms with Crippen LogP contribution in [-0.4, -0.2) is 31.6 Å². The standard InChI is InChI=1S/C23H18O7S2/c24-18-4-6-19(7-5-18)31(26,27)20-9-11-23(25)17(14-20)12-15-2-1-3-16-13-21(32(28,29)30)8-10-22(15)16/h1-11,13-14,24-25H,12H2,(H,28,29,30). The first-order valence-corrected chi connectivity index (χ1v) is 12.3. The molecule has 0 bridgehead atoms. The van der Waals surface area contributed by atoms with E-state index in [0.29, 0.717) is 16.3 Å². The van der Waals surface area contributed by atoms with Crippen molar-refractivity contribution in [2.75, 3.05) is 0 Å². The molecule has 32 heavy (non-hydrogen) atoms. The molecule has 0 atom stereocenters. The minimum Gasteiger partial charge on any atom is -0.508 e. The van der Waals surface area contributed by atoms with Crippen molar-refractivity contribution >= 4 is 30.7 Å². The molecule has 0 saturated heterocycles. The highest BCUT2D eigenvalue weighted by molar-refractivity contribution is 7.91. The molecule has 0 fully saturated rings. The molecule has 0 radical (unpaired) electrons. The van der Waals surface area contributed by atoms with Crippen LogP contribution in [0.1, 0.15) is 11.1 Å². The molecule has 0 aliphatic heterocycles. The van der Waals surface area contributed by atoms with E-state index in [2.05, 4.69) is 0 Å². The first-order chi connectivity index (χ1) is 15.1. The van der Waals surface area contributed by atoms with Gasteiger partial charge in [-0.1, -0.05) is 24.3 Å². The lowest BCUT2D eigenvalue weighted by molar-refractivity contribution is 0.468. The Bertz CT molecular complexity index is 1540. The van der Waals surface area contributed by atoms with Gasteiger partial charge in [0.2, 0.25) is 9.84 Å². The molecular weight excluding hydrogens is 452 g/mol. The minimum atomic E-state index is -4.35. The topological polar surface area (TPSA) is 129 Å². The fraction of sp³-hybridized carbons (Fsp3) is 0.0435. The van der Waals surface area contributed by atoms with E-state index in [0.717, 1.165) is 5.56 Å². The van der Waals surface area contributed by atoms with Crippen molar-refractivity contribution in [2.24, 2.45) is 0 Å². The molecule has 0 aromatic heterocycles. The highest BCUT2D eigenvalue weighted by atomic mass is 32.2. The summed E-state index contributed by atoms with van der Waals surface area (Å²) < 4.78 is 58.0. The van der Waals surface area contributed by atoms with Gasteiger partial charge in [0.05, 0.1) is 14.7 Å². The molecule has 9 heteroatoms. The summed E-state index contributed by atoms with van der Waals surface area (Å²) in [4.78, 5) is -0.230. The van der Waals surface area contributed by atoms with E-state index in [1.807, 2.05) is 0 Å². The predicted octanol–water partition coefficient (Wildman–Crippen LogP) is 3.92. The molecule has 4 aromatic carbocycles. The van der Waals surface area contributed by atoms with E-state index in [1.54, 1.807) is 24.3 Å². The first-order valence-electron chi connectivity index (χ1n) is 9.41. The molecule has 4 rings (SSSR count). The molecule has 4 aromatic rings. The van der Waals surface area contributed by atoms with Gasteiger partial charge in [0.25, 0.3) is 10.1 Å². The van der Waals surface area contributed by atoms with Crippen molar-refractivity contribution < 1.29 is 31.6 Å². The average molecular weight is 471 g/mol. The van der Waals surface area contributed by atoms with Crippen LogP contribution in [0.4, 0.5) is 0 Å². The third-order valence-corrected chi connectivity index (χ3v) is 7.75. The zero-order valence-electron chi connectivity index (χ0n) is 16.5. The summed E-state index contributed by atoms with van der Waals surface area (Å²) in [7, 11) is -8.21. The molecule has 0 heterocycles. The number of fused-ring (bicyclic) bond motifs is 1. The SMILES string of the molecule is O=S(=O)(O)c1ccc2c(Cc3cc(S(=O)(=O)c4ccc(O)cc4)ccc3O)cccc2c1. The zero-order valence-corrected chi connectivity index (χ0v) is 18.1. The third kappa shape index (κ3) is 4.18. The van der Waals surface area contributed by atoms with E-state index in [-0.39, 0.29) is 32.6 Å². The number of phenols is 2. The number of sulfone groups is 1. The molecule has 0 unspecified atom stereocenters. The van der Waals surface area contributed by atoms with E-state index >= 15 is 0 Å². The smallest absolute Gasteiger partial charge is 0.294 e. The largest absolute Gasteiger partial charge is 0.508 e. The average Bonchev–Trinajstić information content (AvgIpc) is 2.74. The highest BCUT2D eigenvalue weighted by Gasteiger charge is 2.20. The van der Waals surface area contributed by atoms with Gasteiger partial charge in [-0.25, -0.2) is 8.42 Å². The minimum absolute atomic E-state index is 0.00911. The monoisotopic (exact) mass is 470 g/mol. The number of rotatable bonds is 5. The third-order valence-electron chi connectivity index (χ3n) is 5.13. The summed E-state index contributed by atoms with van der Waals surface area (Å²) in [5, 5.41) is 21.0. The fourth-order valence-corrected chi connectivity index (χ4v) is 5.31. The molecular formula is C23H18O7S2. The summed E-state index contributed by atoms with van der Waals surface area (Å²) in [5.74, 6) is -0.135. The highest BCUT2D eigenvalue weighted by Crippen LogP contribution is 2.31. The van der Waals surface area contributed by atoms with Crippen molar-refractivity contribution in [3.8, 4) is 11.5 Å². The van der Waals surface area contributed by atoms with Gasteiger partial charge in [0, 0.05) is 6.42 Å². The normalized spacial score (nSPS) is 12.2. The van der Waals surface area contributed by atoms with Crippen LogP contribution in [0.25, 0.3) is 10.8 Å². The van der Waals surface area contributed by atoms with E-state index in [1.165, 1.54) is 54.6 Å². The maximum atomic E-state index is 13.0. The van der Waals surface area contributed by atoms with Crippen LogP contribution in [0.3, 0.4) is 0 Å². The Kier molecular flexibility index (Phi) is 5.41. The molecule has 7 nitrogen and oxygen atoms in total. The Labute approximate surface area is 184 Å². The summed E-state index contributed by atoms with van der Waals surface area (Å²) in [6.45, 7) is 0. The second-order valence-corrected chi connectivity index (χ2v) is 10.6. The van der Waals surface area contributed by atoms with Crippen molar-refractivity contribution in [1.29, 1.82) is 0 Å². The Morgan fingerprint density at radius 3 is 2.00 bits per heavy atom. The Hall–Kier alpha value is -3.40. The lowest BCUT2D eigenvalue weighted by Crippen LogP contribution is -2.03. The second-order valence-electron chi connectivity index (χ2n) is 7.24. The summed E-state index contributed by atoms with van der Waals surface area (Å²) in [6, 6.07) is 18.6. The number of hydrogen-bond donors (Lipinski definition) is 3. The van der Waals surface area contributed by atoms with Crippen molar-refractivity contribution in [3.05, 3.63) is 90.0 Å². The first kappa shape index (κ1) is 21.8. The van der Waals surface area contributed by atoms with Crippen LogP contribution in [0.2, 0.25) is 0 Å². The number of hydrogen-bond acceptors (Lipinski definition) is 6. The molecule has 164 valence electrons. The second kappa shape index (κ2) is 7.94. The summed E-state index contributed by atoms with van der Waals surface area (Å²) >= 11 is 0. The van der Waals surface area contributed by atoms with E-state index in [9.17, 15) is 31.6 Å². The molecule has 0 saturated carbocycles. The molecule has 0 amide bonds. The lowest BCUT2D eigenvalue weighted by atomic mass is 9.98. The van der Waals surface area contributed by atoms with Crippen LogP contribution in [0.5, 0.6) is 11.5 Å². The van der Waals surface area contributed by atoms with E-state index in [4.69, 9.17) is 0 Å². The Balaban J connectivity index is 1.76. The number of phenolic OH excluding ortho intramolecular Hbond substituents is 2. The van der Waals surface area contributed by atoms with Crippen molar-refractivity contribution in [3.63, 3.8) is 0 Å². The molecule has 3 N–H and O–H groups in total. The predicted molar refractivity (Wildman–Crippen MR) is 118 cm³/mol. The van der Waals surface area contributed by atoms with Crippen molar-refractivity contribution in [2.45, 2.75) is 21.1 Å². The fourth-order valence-electron chi connectivity index (χ4n) is 3.48. The Morgan fingerprint density at radius 2 is 1.31 bits per heavy atom. The lowest BCUT2D eigenvalue weighted by Gasteiger charge is -2.11. The zero-order chi connectivity index (χ0) is 23.1. The van der Waals surface area contributed by atoms with Gasteiger partial charge < -0.3 is 10.2 Å². The quantitative estimate of drug-likeness (QED) is 0.377. The van der Waals surface area contributed by atoms with Gasteiger partial charge in [-0.05, 0) is 76.5 Å². The van der Waals surface area contributed by atoms with Crippen LogP contribution < -0.4 is 0 Å². The number of aromatic hydroxyl groups is 2. The maximum absolute atomic E-state index is 13.0. The van der Waals surface area contributed by atoms with Crippen LogP contribution in [-0.2, 0) is 26.4 Å². The maximum Gasteiger partial charge on any atom is 0.294 e. The van der Waals surface area contributed by atoms with Gasteiger partial charge in [0.1, 0.15) is 11.5 Å². The van der Waals surface area contributed by atoms with Crippen LogP contribution >= 0.6 is 0 Å². The summed E-state index contributed by atoms with van der Waals surface area (Å²) in [5.41, 5.74) is 1.11. The summed E-state index contributed by atoms with van der Waals surface area (Å²) in [6.07, 6.45) is 0.188. The van der Waals surface area contributed by atoms with Gasteiger partial charge in [0.15, 0.2) is 0 Å². The van der Waals surface area contributed by atoms with Gasteiger partial charge >= 0.3 is 0 Å². The molecule has 0 spiro atoms. The van der Waals surface area contributed by atoms with Crippen LogP contribution in [0, 0.1) is 0 Å². The Morgan fingerprint density at radius 1 is 0.656 bits per heavy atom. The van der Waals surface area contributed by atoms with Gasteiger partial charge in [-0.15, -0.1) is 0 Å². The number of benzene rings is 4. The van der Waals surface area contributed by atoms with Gasteiger partial charge in [-0.2, -0.15) is 8.42 Å². The van der Waals surface area contributed by atoms with Crippen molar-refractivity contribution in [1.82, 2.24) is 0 Å². The molecule has 0 aliphatic carbocycles. The van der Waals surface area contributed by atoms with Gasteiger partial charge in [-0.3, -0.25) is 4.55 Å².